The van der Waals surface area contributed by atoms with Crippen LogP contribution in [0.3, 0.4) is 0 Å². The molecule has 3 heterocycles. The molecule has 1 unspecified atom stereocenters. The molecule has 3 fully saturated rings. The van der Waals surface area contributed by atoms with E-state index in [2.05, 4.69) is 46.6 Å². The highest BCUT2D eigenvalue weighted by Gasteiger charge is 2.52. The van der Waals surface area contributed by atoms with Crippen LogP contribution in [0, 0.1) is 0 Å². The third kappa shape index (κ3) is 5.45. The number of hydrogen-bond acceptors (Lipinski definition) is 7. The first kappa shape index (κ1) is 25.4. The maximum Gasteiger partial charge on any atom is 0.286 e. The Morgan fingerprint density at radius 3 is 2.58 bits per heavy atom. The first-order valence-corrected chi connectivity index (χ1v) is 14.0. The standard InChI is InChI=1S/C30H32N2O5S/c1-30(2)36-25-18-32(17-19-6-4-3-5-7-19)24(27(25)37-30)12-13-35-23-11-10-21-14-20(8-9-22(21)16-23)15-26-28(33)31-29(34)38-26/h3-11,14,16,24-27H,12-13,15,17-18H2,1-2H3,(H,31,33,34)/t24-,25+,26?,27-/m0/s1. The lowest BCUT2D eigenvalue weighted by Gasteiger charge is -2.30. The van der Waals surface area contributed by atoms with E-state index in [1.807, 2.05) is 44.2 Å². The summed E-state index contributed by atoms with van der Waals surface area (Å²) in [6, 6.07) is 23.0. The monoisotopic (exact) mass is 532 g/mol. The number of amides is 2. The van der Waals surface area contributed by atoms with E-state index in [1.165, 1.54) is 5.56 Å². The second kappa shape index (κ2) is 10.3. The van der Waals surface area contributed by atoms with Crippen molar-refractivity contribution in [2.75, 3.05) is 13.2 Å². The number of fused-ring (bicyclic) bond motifs is 2. The molecule has 0 radical (unpaired) electrons. The van der Waals surface area contributed by atoms with E-state index >= 15 is 0 Å². The van der Waals surface area contributed by atoms with Gasteiger partial charge in [0.2, 0.25) is 5.91 Å². The highest BCUT2D eigenvalue weighted by molar-refractivity contribution is 8.15. The number of nitrogens with zero attached hydrogens (tertiary/aromatic N) is 1. The summed E-state index contributed by atoms with van der Waals surface area (Å²) in [5.74, 6) is 0.0628. The normalized spacial score (nSPS) is 26.6. The largest absolute Gasteiger partial charge is 0.494 e. The van der Waals surface area contributed by atoms with Crippen molar-refractivity contribution in [3.8, 4) is 5.75 Å². The molecule has 1 N–H and O–H groups in total. The molecule has 198 valence electrons. The summed E-state index contributed by atoms with van der Waals surface area (Å²) in [6.45, 7) is 6.26. The number of thioether (sulfide) groups is 1. The van der Waals surface area contributed by atoms with Crippen LogP contribution in [-0.2, 0) is 27.2 Å². The molecule has 3 aromatic rings. The predicted octanol–water partition coefficient (Wildman–Crippen LogP) is 4.91. The van der Waals surface area contributed by atoms with E-state index in [0.29, 0.717) is 13.0 Å². The lowest BCUT2D eigenvalue weighted by atomic mass is 10.0. The van der Waals surface area contributed by atoms with Gasteiger partial charge in [-0.05, 0) is 60.7 Å². The summed E-state index contributed by atoms with van der Waals surface area (Å²) >= 11 is 1.06. The molecule has 0 aliphatic carbocycles. The highest BCUT2D eigenvalue weighted by Crippen LogP contribution is 2.38. The zero-order chi connectivity index (χ0) is 26.3. The SMILES string of the molecule is CC1(C)O[C@@H]2[C@@H](CN(Cc3ccccc3)[C@H]2CCOc2ccc3cc(CC4SC(=O)NC4=O)ccc3c2)O1. The molecule has 2 amide bonds. The number of rotatable bonds is 8. The number of likely N-dealkylation sites (tertiary alicyclic amines) is 1. The van der Waals surface area contributed by atoms with E-state index < -0.39 is 5.79 Å². The number of nitrogens with one attached hydrogen (secondary N) is 1. The van der Waals surface area contributed by atoms with Gasteiger partial charge in [-0.1, -0.05) is 66.4 Å². The van der Waals surface area contributed by atoms with Crippen LogP contribution in [0.25, 0.3) is 10.8 Å². The van der Waals surface area contributed by atoms with Crippen molar-refractivity contribution in [1.29, 1.82) is 0 Å². The summed E-state index contributed by atoms with van der Waals surface area (Å²) in [4.78, 5) is 25.8. The van der Waals surface area contributed by atoms with E-state index in [-0.39, 0.29) is 34.6 Å². The maximum atomic E-state index is 11.9. The summed E-state index contributed by atoms with van der Waals surface area (Å²) in [7, 11) is 0. The van der Waals surface area contributed by atoms with Gasteiger partial charge in [-0.2, -0.15) is 0 Å². The van der Waals surface area contributed by atoms with Crippen LogP contribution < -0.4 is 10.1 Å². The summed E-state index contributed by atoms with van der Waals surface area (Å²) in [5, 5.41) is 3.88. The molecule has 0 saturated carbocycles. The molecule has 3 aliphatic heterocycles. The van der Waals surface area contributed by atoms with E-state index in [0.717, 1.165) is 53.4 Å². The average molecular weight is 533 g/mol. The minimum atomic E-state index is -0.555. The van der Waals surface area contributed by atoms with Crippen LogP contribution in [0.2, 0.25) is 0 Å². The van der Waals surface area contributed by atoms with Gasteiger partial charge in [0, 0.05) is 19.1 Å². The Bertz CT molecular complexity index is 1350. The molecule has 3 aliphatic rings. The van der Waals surface area contributed by atoms with Gasteiger partial charge >= 0.3 is 0 Å². The van der Waals surface area contributed by atoms with Crippen LogP contribution in [0.15, 0.2) is 66.7 Å². The number of carbonyl (C=O) groups excluding carboxylic acids is 2. The molecule has 0 bridgehead atoms. The van der Waals surface area contributed by atoms with Crippen molar-refractivity contribution in [2.45, 2.75) is 62.5 Å². The van der Waals surface area contributed by atoms with Crippen LogP contribution in [-0.4, -0.2) is 58.5 Å². The Balaban J connectivity index is 1.10. The lowest BCUT2D eigenvalue weighted by molar-refractivity contribution is -0.162. The minimum Gasteiger partial charge on any atom is -0.494 e. The fraction of sp³-hybridized carbons (Fsp3) is 0.400. The number of ether oxygens (including phenoxy) is 3. The first-order chi connectivity index (χ1) is 18.3. The topological polar surface area (TPSA) is 77.1 Å². The molecule has 3 saturated heterocycles. The molecular formula is C30H32N2O5S. The van der Waals surface area contributed by atoms with Crippen molar-refractivity contribution in [3.63, 3.8) is 0 Å². The molecular weight excluding hydrogens is 500 g/mol. The van der Waals surface area contributed by atoms with Crippen molar-refractivity contribution in [1.82, 2.24) is 10.2 Å². The van der Waals surface area contributed by atoms with E-state index in [9.17, 15) is 9.59 Å². The van der Waals surface area contributed by atoms with Crippen LogP contribution in [0.5, 0.6) is 5.75 Å². The van der Waals surface area contributed by atoms with Gasteiger partial charge < -0.3 is 14.2 Å². The van der Waals surface area contributed by atoms with Crippen molar-refractivity contribution in [3.05, 3.63) is 77.9 Å². The molecule has 6 rings (SSSR count). The van der Waals surface area contributed by atoms with E-state index in [4.69, 9.17) is 14.2 Å². The van der Waals surface area contributed by atoms with Crippen LogP contribution in [0.1, 0.15) is 31.4 Å². The first-order valence-electron chi connectivity index (χ1n) is 13.1. The number of carbonyl (C=O) groups is 2. The summed E-state index contributed by atoms with van der Waals surface area (Å²) in [5.41, 5.74) is 2.31. The smallest absolute Gasteiger partial charge is 0.286 e. The predicted molar refractivity (Wildman–Crippen MR) is 147 cm³/mol. The van der Waals surface area contributed by atoms with Gasteiger partial charge in [-0.15, -0.1) is 0 Å². The molecule has 3 aromatic carbocycles. The van der Waals surface area contributed by atoms with Gasteiger partial charge in [0.25, 0.3) is 5.24 Å². The van der Waals surface area contributed by atoms with Crippen molar-refractivity contribution in [2.24, 2.45) is 0 Å². The molecule has 8 heteroatoms. The fourth-order valence-electron chi connectivity index (χ4n) is 5.78. The van der Waals surface area contributed by atoms with Crippen LogP contribution >= 0.6 is 11.8 Å². The molecule has 0 spiro atoms. The Kier molecular flexibility index (Phi) is 6.90. The molecule has 0 aromatic heterocycles. The highest BCUT2D eigenvalue weighted by atomic mass is 32.2. The van der Waals surface area contributed by atoms with Crippen molar-refractivity contribution < 1.29 is 23.8 Å². The quantitative estimate of drug-likeness (QED) is 0.442. The third-order valence-electron chi connectivity index (χ3n) is 7.46. The second-order valence-electron chi connectivity index (χ2n) is 10.7. The average Bonchev–Trinajstić information content (AvgIpc) is 3.47. The van der Waals surface area contributed by atoms with Gasteiger partial charge in [0.1, 0.15) is 18.0 Å². The molecule has 38 heavy (non-hydrogen) atoms. The zero-order valence-electron chi connectivity index (χ0n) is 21.6. The summed E-state index contributed by atoms with van der Waals surface area (Å²) < 4.78 is 18.7. The maximum absolute atomic E-state index is 11.9. The molecule has 7 nitrogen and oxygen atoms in total. The number of hydrogen-bond donors (Lipinski definition) is 1. The Morgan fingerprint density at radius 2 is 1.79 bits per heavy atom. The second-order valence-corrected chi connectivity index (χ2v) is 11.9. The lowest BCUT2D eigenvalue weighted by Crippen LogP contribution is -2.39. The van der Waals surface area contributed by atoms with Crippen LogP contribution in [0.4, 0.5) is 4.79 Å². The fourth-order valence-corrected chi connectivity index (χ4v) is 6.64. The Labute approximate surface area is 226 Å². The number of benzene rings is 3. The van der Waals surface area contributed by atoms with Gasteiger partial charge in [-0.3, -0.25) is 19.8 Å². The van der Waals surface area contributed by atoms with Crippen molar-refractivity contribution >= 4 is 33.7 Å². The van der Waals surface area contributed by atoms with Gasteiger partial charge in [0.05, 0.1) is 11.9 Å². The minimum absolute atomic E-state index is 0.0303. The molecule has 4 atom stereocenters. The number of imide groups is 1. The Hall–Kier alpha value is -2.91. The Morgan fingerprint density at radius 1 is 1.00 bits per heavy atom. The zero-order valence-corrected chi connectivity index (χ0v) is 22.4. The van der Waals surface area contributed by atoms with Gasteiger partial charge in [-0.25, -0.2) is 0 Å². The van der Waals surface area contributed by atoms with E-state index in [1.54, 1.807) is 0 Å². The summed E-state index contributed by atoms with van der Waals surface area (Å²) in [6.07, 6.45) is 1.47. The third-order valence-corrected chi connectivity index (χ3v) is 8.44. The van der Waals surface area contributed by atoms with Gasteiger partial charge in [0.15, 0.2) is 5.79 Å².